The van der Waals surface area contributed by atoms with Gasteiger partial charge in [-0.3, -0.25) is 4.79 Å². The topological polar surface area (TPSA) is 135 Å². The number of esters is 2. The Bertz CT molecular complexity index is 973. The summed E-state index contributed by atoms with van der Waals surface area (Å²) < 4.78 is 42.2. The first-order chi connectivity index (χ1) is 12.2. The summed E-state index contributed by atoms with van der Waals surface area (Å²) in [6.45, 7) is 1.19. The van der Waals surface area contributed by atoms with Gasteiger partial charge in [0.15, 0.2) is 0 Å². The summed E-state index contributed by atoms with van der Waals surface area (Å²) >= 11 is 0. The van der Waals surface area contributed by atoms with Crippen LogP contribution in [0.1, 0.15) is 17.3 Å². The largest absolute Gasteiger partial charge is 1.00 e. The zero-order valence-electron chi connectivity index (χ0n) is 14.7. The normalized spacial score (nSPS) is 10.9. The second-order valence-electron chi connectivity index (χ2n) is 4.91. The molecule has 0 amide bonds. The summed E-state index contributed by atoms with van der Waals surface area (Å²) in [4.78, 5) is 22.5. The molecule has 27 heavy (non-hydrogen) atoms. The fraction of sp³-hybridized carbons (Fsp3) is 0.125. The van der Waals surface area contributed by atoms with Gasteiger partial charge < -0.3 is 14.0 Å². The number of methoxy groups -OCH3 is 1. The number of nitrogens with zero attached hydrogens (tertiary/aromatic N) is 2. The molecule has 0 atom stereocenters. The molecule has 0 fully saturated rings. The van der Waals surface area contributed by atoms with Crippen molar-refractivity contribution in [2.24, 2.45) is 10.2 Å². The first-order valence-electron chi connectivity index (χ1n) is 7.09. The summed E-state index contributed by atoms with van der Waals surface area (Å²) in [5.74, 6) is -1.30. The standard InChI is InChI=1S/C16H14N2O7S.K/c1-10(19)25-15-8-5-12(9-14(15)16(20)24-2)18-17-11-3-6-13(7-4-11)26(21,22)23;/h3-9H,1-2H3,(H,21,22,23);/q;+1/p-1. The molecule has 0 bridgehead atoms. The van der Waals surface area contributed by atoms with E-state index in [9.17, 15) is 22.6 Å². The first-order valence-corrected chi connectivity index (χ1v) is 8.50. The summed E-state index contributed by atoms with van der Waals surface area (Å²) in [5, 5.41) is 7.80. The molecular weight excluding hydrogens is 403 g/mol. The Morgan fingerprint density at radius 2 is 1.56 bits per heavy atom. The molecule has 136 valence electrons. The maximum absolute atomic E-state index is 11.8. The van der Waals surface area contributed by atoms with Crippen LogP contribution in [0, 0.1) is 0 Å². The molecule has 2 aromatic rings. The third-order valence-corrected chi connectivity index (χ3v) is 3.88. The van der Waals surface area contributed by atoms with Gasteiger partial charge in [0, 0.05) is 6.92 Å². The zero-order valence-corrected chi connectivity index (χ0v) is 18.6. The zero-order chi connectivity index (χ0) is 19.3. The SMILES string of the molecule is COC(=O)c1cc(N=Nc2ccc(S(=O)(=O)[O-])cc2)ccc1OC(C)=O.[K+]. The van der Waals surface area contributed by atoms with Gasteiger partial charge in [0.25, 0.3) is 0 Å². The van der Waals surface area contributed by atoms with Crippen LogP contribution in [0.2, 0.25) is 0 Å². The Kier molecular flexibility index (Phi) is 8.88. The minimum Gasteiger partial charge on any atom is -0.744 e. The van der Waals surface area contributed by atoms with Crippen molar-refractivity contribution in [3.05, 3.63) is 48.0 Å². The van der Waals surface area contributed by atoms with Crippen molar-refractivity contribution in [2.75, 3.05) is 7.11 Å². The second kappa shape index (κ2) is 10.2. The fourth-order valence-electron chi connectivity index (χ4n) is 1.89. The summed E-state index contributed by atoms with van der Waals surface area (Å²) in [7, 11) is -3.35. The van der Waals surface area contributed by atoms with Crippen LogP contribution in [-0.4, -0.2) is 32.0 Å². The van der Waals surface area contributed by atoms with Gasteiger partial charge >= 0.3 is 63.3 Å². The molecule has 0 aliphatic carbocycles. The van der Waals surface area contributed by atoms with Gasteiger partial charge in [0.1, 0.15) is 21.4 Å². The van der Waals surface area contributed by atoms with Crippen molar-refractivity contribution in [2.45, 2.75) is 11.8 Å². The van der Waals surface area contributed by atoms with E-state index in [1.807, 2.05) is 0 Å². The summed E-state index contributed by atoms with van der Waals surface area (Å²) in [5.41, 5.74) is 0.551. The number of benzene rings is 2. The molecule has 9 nitrogen and oxygen atoms in total. The molecule has 0 N–H and O–H groups in total. The van der Waals surface area contributed by atoms with Gasteiger partial charge in [-0.05, 0) is 42.5 Å². The summed E-state index contributed by atoms with van der Waals surface area (Å²) in [6.07, 6.45) is 0. The molecule has 0 radical (unpaired) electrons. The van der Waals surface area contributed by atoms with Gasteiger partial charge in [-0.15, -0.1) is 0 Å². The molecule has 0 aliphatic rings. The van der Waals surface area contributed by atoms with E-state index in [-0.39, 0.29) is 73.3 Å². The molecule has 2 rings (SSSR count). The molecule has 2 aromatic carbocycles. The monoisotopic (exact) mass is 416 g/mol. The number of hydrogen-bond acceptors (Lipinski definition) is 9. The molecule has 0 aromatic heterocycles. The number of carbonyl (C=O) groups is 2. The molecule has 0 heterocycles. The number of azo groups is 1. The second-order valence-corrected chi connectivity index (χ2v) is 6.29. The number of hydrogen-bond donors (Lipinski definition) is 0. The smallest absolute Gasteiger partial charge is 0.744 e. The van der Waals surface area contributed by atoms with E-state index in [2.05, 4.69) is 15.0 Å². The van der Waals surface area contributed by atoms with E-state index in [1.54, 1.807) is 0 Å². The van der Waals surface area contributed by atoms with Crippen molar-refractivity contribution in [3.63, 3.8) is 0 Å². The Morgan fingerprint density at radius 3 is 2.07 bits per heavy atom. The maximum atomic E-state index is 11.8. The predicted octanol–water partition coefficient (Wildman–Crippen LogP) is -0.278. The molecule has 0 aliphatic heterocycles. The third-order valence-electron chi connectivity index (χ3n) is 3.03. The van der Waals surface area contributed by atoms with Crippen molar-refractivity contribution in [1.82, 2.24) is 0 Å². The average molecular weight is 416 g/mol. The van der Waals surface area contributed by atoms with Crippen LogP contribution in [0.25, 0.3) is 0 Å². The minimum atomic E-state index is -4.53. The molecular formula is C16H13KN2O7S. The molecule has 0 spiro atoms. The minimum absolute atomic E-state index is 0. The van der Waals surface area contributed by atoms with E-state index >= 15 is 0 Å². The molecule has 0 unspecified atom stereocenters. The van der Waals surface area contributed by atoms with Crippen LogP contribution in [0.4, 0.5) is 11.4 Å². The Hall–Kier alpha value is -1.47. The van der Waals surface area contributed by atoms with E-state index in [0.29, 0.717) is 5.69 Å². The van der Waals surface area contributed by atoms with E-state index in [1.165, 1.54) is 44.4 Å². The molecule has 0 saturated carbocycles. The van der Waals surface area contributed by atoms with Gasteiger partial charge in [0.05, 0.1) is 23.4 Å². The van der Waals surface area contributed by atoms with Gasteiger partial charge in [-0.25, -0.2) is 13.2 Å². The predicted molar refractivity (Wildman–Crippen MR) is 87.7 cm³/mol. The van der Waals surface area contributed by atoms with Gasteiger partial charge in [-0.1, -0.05) is 0 Å². The Balaban J connectivity index is 0.00000364. The van der Waals surface area contributed by atoms with Crippen LogP contribution in [0.3, 0.4) is 0 Å². The van der Waals surface area contributed by atoms with E-state index in [0.717, 1.165) is 12.1 Å². The Morgan fingerprint density at radius 1 is 1.00 bits per heavy atom. The third kappa shape index (κ3) is 6.88. The van der Waals surface area contributed by atoms with E-state index in [4.69, 9.17) is 4.74 Å². The van der Waals surface area contributed by atoms with Crippen LogP contribution >= 0.6 is 0 Å². The number of carbonyl (C=O) groups excluding carboxylic acids is 2. The van der Waals surface area contributed by atoms with Crippen molar-refractivity contribution in [1.29, 1.82) is 0 Å². The van der Waals surface area contributed by atoms with Crippen molar-refractivity contribution in [3.8, 4) is 5.75 Å². The molecule has 0 saturated heterocycles. The van der Waals surface area contributed by atoms with Gasteiger partial charge in [0.2, 0.25) is 0 Å². The fourth-order valence-corrected chi connectivity index (χ4v) is 2.36. The van der Waals surface area contributed by atoms with Crippen molar-refractivity contribution < 1.29 is 83.4 Å². The van der Waals surface area contributed by atoms with Gasteiger partial charge in [-0.2, -0.15) is 10.2 Å². The number of ether oxygens (including phenoxy) is 2. The van der Waals surface area contributed by atoms with Crippen LogP contribution in [-0.2, 0) is 19.6 Å². The molecule has 11 heteroatoms. The average Bonchev–Trinajstić information content (AvgIpc) is 2.59. The quantitative estimate of drug-likeness (QED) is 0.215. The van der Waals surface area contributed by atoms with Crippen LogP contribution in [0.5, 0.6) is 5.75 Å². The van der Waals surface area contributed by atoms with Crippen LogP contribution < -0.4 is 56.1 Å². The van der Waals surface area contributed by atoms with E-state index < -0.39 is 22.1 Å². The van der Waals surface area contributed by atoms with Crippen molar-refractivity contribution >= 4 is 33.4 Å². The number of rotatable bonds is 5. The first kappa shape index (κ1) is 23.6. The maximum Gasteiger partial charge on any atom is 1.00 e. The summed E-state index contributed by atoms with van der Waals surface area (Å²) in [6, 6.07) is 9.00. The van der Waals surface area contributed by atoms with Crippen LogP contribution in [0.15, 0.2) is 57.6 Å². The Labute approximate surface area is 197 Å².